The second kappa shape index (κ2) is 4.97. The van der Waals surface area contributed by atoms with Gasteiger partial charge in [-0.15, -0.1) is 0 Å². The maximum atomic E-state index is 10.7. The van der Waals surface area contributed by atoms with Crippen molar-refractivity contribution in [3.8, 4) is 0 Å². The Hall–Kier alpha value is -0.900. The molecule has 4 nitrogen and oxygen atoms in total. The zero-order valence-electron chi connectivity index (χ0n) is 8.64. The van der Waals surface area contributed by atoms with Gasteiger partial charge in [-0.3, -0.25) is 4.79 Å². The summed E-state index contributed by atoms with van der Waals surface area (Å²) in [7, 11) is 0. The molecule has 0 amide bonds. The van der Waals surface area contributed by atoms with Crippen LogP contribution in [0.15, 0.2) is 0 Å². The van der Waals surface area contributed by atoms with E-state index in [1.165, 1.54) is 6.92 Å². The highest BCUT2D eigenvalue weighted by Gasteiger charge is 2.10. The van der Waals surface area contributed by atoms with Crippen LogP contribution in [0.5, 0.6) is 0 Å². The average Bonchev–Trinajstić information content (AvgIpc) is 1.95. The van der Waals surface area contributed by atoms with Crippen molar-refractivity contribution in [2.24, 2.45) is 0 Å². The van der Waals surface area contributed by atoms with Crippen LogP contribution < -0.4 is 5.32 Å². The molecule has 0 aromatic rings. The topological polar surface area (TPSA) is 55.4 Å². The van der Waals surface area contributed by atoms with Gasteiger partial charge in [0.15, 0.2) is 0 Å². The Morgan fingerprint density at radius 3 is 2.23 bits per heavy atom. The van der Waals surface area contributed by atoms with Crippen LogP contribution in [-0.4, -0.2) is 30.4 Å². The van der Waals surface area contributed by atoms with E-state index in [1.54, 1.807) is 0 Å². The normalized spacial score (nSPS) is 11.1. The Balaban J connectivity index is 3.47. The summed E-state index contributed by atoms with van der Waals surface area (Å²) in [4.78, 5) is 21.1. The van der Waals surface area contributed by atoms with Gasteiger partial charge in [0.2, 0.25) is 5.78 Å². The lowest BCUT2D eigenvalue weighted by molar-refractivity contribution is -0.152. The van der Waals surface area contributed by atoms with Crippen LogP contribution in [0.2, 0.25) is 0 Å². The summed E-state index contributed by atoms with van der Waals surface area (Å²) in [5, 5.41) is 3.13. The first kappa shape index (κ1) is 12.1. The molecule has 0 saturated heterocycles. The molecule has 0 atom stereocenters. The number of carbonyl (C=O) groups excluding carboxylic acids is 2. The number of hydrogen-bond donors (Lipinski definition) is 1. The summed E-state index contributed by atoms with van der Waals surface area (Å²) >= 11 is 0. The van der Waals surface area contributed by atoms with Crippen molar-refractivity contribution in [2.75, 3.05) is 13.2 Å². The highest BCUT2D eigenvalue weighted by atomic mass is 16.5. The molecule has 0 bridgehead atoms. The van der Waals surface area contributed by atoms with Crippen LogP contribution in [0.25, 0.3) is 0 Å². The second-order valence-electron chi connectivity index (χ2n) is 3.87. The van der Waals surface area contributed by atoms with Crippen molar-refractivity contribution >= 4 is 11.8 Å². The van der Waals surface area contributed by atoms with Crippen LogP contribution >= 0.6 is 0 Å². The first-order valence-corrected chi connectivity index (χ1v) is 4.25. The maximum Gasteiger partial charge on any atom is 0.374 e. The van der Waals surface area contributed by atoms with Crippen LogP contribution in [0.3, 0.4) is 0 Å². The summed E-state index contributed by atoms with van der Waals surface area (Å²) in [6.07, 6.45) is 0. The highest BCUT2D eigenvalue weighted by Crippen LogP contribution is 1.96. The average molecular weight is 187 g/mol. The SMILES string of the molecule is CC(=O)C(=O)OCCNC(C)(C)C. The molecule has 0 aliphatic carbocycles. The van der Waals surface area contributed by atoms with E-state index >= 15 is 0 Å². The molecular formula is C9H17NO3. The summed E-state index contributed by atoms with van der Waals surface area (Å²) < 4.78 is 4.65. The third-order valence-electron chi connectivity index (χ3n) is 1.28. The van der Waals surface area contributed by atoms with Gasteiger partial charge in [0.05, 0.1) is 0 Å². The van der Waals surface area contributed by atoms with Crippen molar-refractivity contribution < 1.29 is 14.3 Å². The number of ketones is 1. The van der Waals surface area contributed by atoms with Gasteiger partial charge in [-0.2, -0.15) is 0 Å². The van der Waals surface area contributed by atoms with Gasteiger partial charge in [-0.1, -0.05) is 0 Å². The number of hydrogen-bond acceptors (Lipinski definition) is 4. The number of rotatable bonds is 4. The van der Waals surface area contributed by atoms with Crippen molar-refractivity contribution in [2.45, 2.75) is 33.2 Å². The standard InChI is InChI=1S/C9H17NO3/c1-7(11)8(12)13-6-5-10-9(2,3)4/h10H,5-6H2,1-4H3. The molecule has 0 spiro atoms. The number of Topliss-reactive ketones (excluding diaryl/α,β-unsaturated/α-hetero) is 1. The van der Waals surface area contributed by atoms with Gasteiger partial charge in [-0.05, 0) is 20.8 Å². The minimum Gasteiger partial charge on any atom is -0.459 e. The Morgan fingerprint density at radius 2 is 1.85 bits per heavy atom. The smallest absolute Gasteiger partial charge is 0.374 e. The molecule has 76 valence electrons. The Bertz CT molecular complexity index is 194. The quantitative estimate of drug-likeness (QED) is 0.396. The van der Waals surface area contributed by atoms with Crippen LogP contribution in [0, 0.1) is 0 Å². The third-order valence-corrected chi connectivity index (χ3v) is 1.28. The van der Waals surface area contributed by atoms with Gasteiger partial charge in [0, 0.05) is 19.0 Å². The number of ether oxygens (including phenoxy) is 1. The van der Waals surface area contributed by atoms with Gasteiger partial charge >= 0.3 is 5.97 Å². The van der Waals surface area contributed by atoms with Crippen molar-refractivity contribution in [3.63, 3.8) is 0 Å². The van der Waals surface area contributed by atoms with Gasteiger partial charge in [0.25, 0.3) is 0 Å². The predicted octanol–water partition coefficient (Wildman–Crippen LogP) is 0.507. The molecule has 0 aliphatic heterocycles. The molecule has 0 radical (unpaired) electrons. The lowest BCUT2D eigenvalue weighted by Gasteiger charge is -2.19. The zero-order valence-corrected chi connectivity index (χ0v) is 8.64. The van der Waals surface area contributed by atoms with E-state index < -0.39 is 11.8 Å². The second-order valence-corrected chi connectivity index (χ2v) is 3.87. The van der Waals surface area contributed by atoms with Crippen LogP contribution in [0.4, 0.5) is 0 Å². The summed E-state index contributed by atoms with van der Waals surface area (Å²) in [6, 6.07) is 0. The molecule has 1 N–H and O–H groups in total. The van der Waals surface area contributed by atoms with E-state index in [9.17, 15) is 9.59 Å². The Kier molecular flexibility index (Phi) is 4.62. The molecule has 0 unspecified atom stereocenters. The van der Waals surface area contributed by atoms with Crippen molar-refractivity contribution in [3.05, 3.63) is 0 Å². The van der Waals surface area contributed by atoms with Crippen LogP contribution in [-0.2, 0) is 14.3 Å². The highest BCUT2D eigenvalue weighted by molar-refractivity contribution is 6.32. The van der Waals surface area contributed by atoms with E-state index in [2.05, 4.69) is 10.1 Å². The minimum atomic E-state index is -0.768. The first-order chi connectivity index (χ1) is 5.83. The molecule has 0 rings (SSSR count). The zero-order chi connectivity index (χ0) is 10.5. The number of carbonyl (C=O) groups is 2. The number of esters is 1. The molecule has 0 aromatic heterocycles. The fourth-order valence-electron chi connectivity index (χ4n) is 0.671. The molecule has 0 fully saturated rings. The van der Waals surface area contributed by atoms with Gasteiger partial charge < -0.3 is 10.1 Å². The third kappa shape index (κ3) is 7.46. The summed E-state index contributed by atoms with van der Waals surface area (Å²) in [6.45, 7) is 8.02. The van der Waals surface area contributed by atoms with Gasteiger partial charge in [0.1, 0.15) is 6.61 Å². The largest absolute Gasteiger partial charge is 0.459 e. The molecule has 0 aliphatic rings. The van der Waals surface area contributed by atoms with E-state index in [4.69, 9.17) is 0 Å². The lowest BCUT2D eigenvalue weighted by Crippen LogP contribution is -2.38. The Labute approximate surface area is 78.6 Å². The van der Waals surface area contributed by atoms with E-state index in [-0.39, 0.29) is 12.1 Å². The van der Waals surface area contributed by atoms with Crippen molar-refractivity contribution in [1.82, 2.24) is 5.32 Å². The Morgan fingerprint density at radius 1 is 1.31 bits per heavy atom. The molecule has 0 saturated carbocycles. The predicted molar refractivity (Wildman–Crippen MR) is 49.4 cm³/mol. The number of nitrogens with one attached hydrogen (secondary N) is 1. The first-order valence-electron chi connectivity index (χ1n) is 4.25. The van der Waals surface area contributed by atoms with Crippen molar-refractivity contribution in [1.29, 1.82) is 0 Å². The monoisotopic (exact) mass is 187 g/mol. The van der Waals surface area contributed by atoms with E-state index in [0.29, 0.717) is 6.54 Å². The molecule has 13 heavy (non-hydrogen) atoms. The van der Waals surface area contributed by atoms with Crippen LogP contribution in [0.1, 0.15) is 27.7 Å². The van der Waals surface area contributed by atoms with Gasteiger partial charge in [-0.25, -0.2) is 4.79 Å². The summed E-state index contributed by atoms with van der Waals surface area (Å²) in [5.41, 5.74) is 0.00261. The van der Waals surface area contributed by atoms with E-state index in [0.717, 1.165) is 0 Å². The molecule has 0 heterocycles. The lowest BCUT2D eigenvalue weighted by atomic mass is 10.1. The molecular weight excluding hydrogens is 170 g/mol. The summed E-state index contributed by atoms with van der Waals surface area (Å²) in [5.74, 6) is -1.33. The minimum absolute atomic E-state index is 0.00261. The van der Waals surface area contributed by atoms with E-state index in [1.807, 2.05) is 20.8 Å². The molecule has 4 heteroatoms. The fourth-order valence-corrected chi connectivity index (χ4v) is 0.671. The fraction of sp³-hybridized carbons (Fsp3) is 0.778. The maximum absolute atomic E-state index is 10.7. The molecule has 0 aromatic carbocycles.